The SMILES string of the molecule is Cc1ccc(C(=O)NCc2nc(-c3ccc4c(c3)nnn4C3CCCC3)no2)cc1. The van der Waals surface area contributed by atoms with Gasteiger partial charge in [-0.3, -0.25) is 4.79 Å². The number of fused-ring (bicyclic) bond motifs is 1. The first kappa shape index (κ1) is 18.5. The molecule has 152 valence electrons. The standard InChI is InChI=1S/C22H22N6O2/c1-14-6-8-15(9-7-14)22(29)23-13-20-24-21(26-30-20)16-10-11-19-18(12-16)25-27-28(19)17-4-2-3-5-17/h6-12,17H,2-5,13H2,1H3,(H,23,29). The van der Waals surface area contributed by atoms with Gasteiger partial charge in [-0.05, 0) is 50.1 Å². The highest BCUT2D eigenvalue weighted by Crippen LogP contribution is 2.31. The first-order valence-electron chi connectivity index (χ1n) is 10.2. The molecule has 2 aromatic heterocycles. The smallest absolute Gasteiger partial charge is 0.251 e. The van der Waals surface area contributed by atoms with E-state index in [9.17, 15) is 4.79 Å². The Morgan fingerprint density at radius 2 is 1.97 bits per heavy atom. The van der Waals surface area contributed by atoms with E-state index in [-0.39, 0.29) is 12.5 Å². The zero-order chi connectivity index (χ0) is 20.5. The first-order chi connectivity index (χ1) is 14.7. The van der Waals surface area contributed by atoms with Crippen LogP contribution >= 0.6 is 0 Å². The predicted octanol–water partition coefficient (Wildman–Crippen LogP) is 3.83. The third kappa shape index (κ3) is 3.56. The molecule has 2 heterocycles. The number of nitrogens with one attached hydrogen (secondary N) is 1. The van der Waals surface area contributed by atoms with Gasteiger partial charge in [0.15, 0.2) is 0 Å². The van der Waals surface area contributed by atoms with Crippen LogP contribution in [0.4, 0.5) is 0 Å². The summed E-state index contributed by atoms with van der Waals surface area (Å²) in [5, 5.41) is 15.5. The van der Waals surface area contributed by atoms with Gasteiger partial charge in [0.2, 0.25) is 11.7 Å². The second kappa shape index (κ2) is 7.70. The minimum atomic E-state index is -0.181. The number of benzene rings is 2. The van der Waals surface area contributed by atoms with Crippen LogP contribution < -0.4 is 5.32 Å². The molecular formula is C22H22N6O2. The molecule has 1 fully saturated rings. The van der Waals surface area contributed by atoms with E-state index >= 15 is 0 Å². The lowest BCUT2D eigenvalue weighted by Crippen LogP contribution is -2.22. The Balaban J connectivity index is 1.29. The Hall–Kier alpha value is -3.55. The molecule has 1 saturated carbocycles. The van der Waals surface area contributed by atoms with Gasteiger partial charge in [0, 0.05) is 11.1 Å². The van der Waals surface area contributed by atoms with Crippen LogP contribution in [0.25, 0.3) is 22.4 Å². The zero-order valence-corrected chi connectivity index (χ0v) is 16.7. The van der Waals surface area contributed by atoms with Gasteiger partial charge in [-0.25, -0.2) is 4.68 Å². The van der Waals surface area contributed by atoms with E-state index in [0.717, 1.165) is 35.0 Å². The van der Waals surface area contributed by atoms with Crippen LogP contribution in [0, 0.1) is 6.92 Å². The molecule has 0 saturated heterocycles. The molecule has 8 heteroatoms. The van der Waals surface area contributed by atoms with Gasteiger partial charge < -0.3 is 9.84 Å². The number of carbonyl (C=O) groups excluding carboxylic acids is 1. The molecule has 0 aliphatic heterocycles. The number of aryl methyl sites for hydroxylation is 1. The molecular weight excluding hydrogens is 380 g/mol. The second-order valence-electron chi connectivity index (χ2n) is 7.74. The summed E-state index contributed by atoms with van der Waals surface area (Å²) in [6, 6.07) is 13.7. The Morgan fingerprint density at radius 1 is 1.17 bits per heavy atom. The topological polar surface area (TPSA) is 98.7 Å². The molecule has 0 spiro atoms. The Labute approximate surface area is 173 Å². The molecule has 8 nitrogen and oxygen atoms in total. The number of nitrogens with zero attached hydrogens (tertiary/aromatic N) is 5. The van der Waals surface area contributed by atoms with Crippen LogP contribution in [0.5, 0.6) is 0 Å². The van der Waals surface area contributed by atoms with Crippen molar-refractivity contribution in [2.24, 2.45) is 0 Å². The Morgan fingerprint density at radius 3 is 2.77 bits per heavy atom. The summed E-state index contributed by atoms with van der Waals surface area (Å²) in [4.78, 5) is 16.6. The first-order valence-corrected chi connectivity index (χ1v) is 10.2. The minimum absolute atomic E-state index is 0.166. The fraction of sp³-hybridized carbons (Fsp3) is 0.318. The molecule has 1 aliphatic carbocycles. The lowest BCUT2D eigenvalue weighted by Gasteiger charge is -2.09. The Kier molecular flexibility index (Phi) is 4.74. The van der Waals surface area contributed by atoms with Gasteiger partial charge in [0.05, 0.1) is 18.1 Å². The molecule has 1 amide bonds. The monoisotopic (exact) mass is 402 g/mol. The number of rotatable bonds is 5. The van der Waals surface area contributed by atoms with Crippen molar-refractivity contribution in [2.45, 2.75) is 45.2 Å². The molecule has 4 aromatic rings. The van der Waals surface area contributed by atoms with E-state index in [4.69, 9.17) is 4.52 Å². The lowest BCUT2D eigenvalue weighted by molar-refractivity contribution is 0.0946. The van der Waals surface area contributed by atoms with Crippen LogP contribution in [0.15, 0.2) is 47.0 Å². The molecule has 0 radical (unpaired) electrons. The average molecular weight is 402 g/mol. The number of hydrogen-bond donors (Lipinski definition) is 1. The number of carbonyl (C=O) groups is 1. The quantitative estimate of drug-likeness (QED) is 0.545. The van der Waals surface area contributed by atoms with Crippen LogP contribution in [0.1, 0.15) is 53.5 Å². The van der Waals surface area contributed by atoms with Crippen LogP contribution in [0.2, 0.25) is 0 Å². The number of amides is 1. The second-order valence-corrected chi connectivity index (χ2v) is 7.74. The van der Waals surface area contributed by atoms with E-state index in [2.05, 4.69) is 25.8 Å². The van der Waals surface area contributed by atoms with Crippen LogP contribution in [-0.2, 0) is 6.54 Å². The fourth-order valence-corrected chi connectivity index (χ4v) is 3.91. The van der Waals surface area contributed by atoms with Crippen molar-refractivity contribution in [3.8, 4) is 11.4 Å². The zero-order valence-electron chi connectivity index (χ0n) is 16.7. The van der Waals surface area contributed by atoms with E-state index in [0.29, 0.717) is 23.3 Å². The van der Waals surface area contributed by atoms with Gasteiger partial charge in [-0.1, -0.05) is 40.9 Å². The molecule has 1 aliphatic rings. The molecule has 5 rings (SSSR count). The summed E-state index contributed by atoms with van der Waals surface area (Å²) in [5.41, 5.74) is 4.35. The molecule has 2 aromatic carbocycles. The average Bonchev–Trinajstić information content (AvgIpc) is 3.52. The van der Waals surface area contributed by atoms with Gasteiger partial charge >= 0.3 is 0 Å². The van der Waals surface area contributed by atoms with Crippen LogP contribution in [0.3, 0.4) is 0 Å². The summed E-state index contributed by atoms with van der Waals surface area (Å²) in [5.74, 6) is 0.631. The molecule has 0 atom stereocenters. The highest BCUT2D eigenvalue weighted by molar-refractivity contribution is 5.94. The lowest BCUT2D eigenvalue weighted by atomic mass is 10.1. The van der Waals surface area contributed by atoms with Crippen molar-refractivity contribution in [1.82, 2.24) is 30.5 Å². The Bertz CT molecular complexity index is 1190. The number of hydrogen-bond acceptors (Lipinski definition) is 6. The summed E-state index contributed by atoms with van der Waals surface area (Å²) in [7, 11) is 0. The van der Waals surface area contributed by atoms with Crippen molar-refractivity contribution in [3.63, 3.8) is 0 Å². The third-order valence-corrected chi connectivity index (χ3v) is 5.58. The van der Waals surface area contributed by atoms with Crippen molar-refractivity contribution in [2.75, 3.05) is 0 Å². The molecule has 0 bridgehead atoms. The van der Waals surface area contributed by atoms with Crippen molar-refractivity contribution >= 4 is 16.9 Å². The van der Waals surface area contributed by atoms with Gasteiger partial charge in [-0.15, -0.1) is 5.10 Å². The molecule has 30 heavy (non-hydrogen) atoms. The van der Waals surface area contributed by atoms with Crippen molar-refractivity contribution in [1.29, 1.82) is 0 Å². The summed E-state index contributed by atoms with van der Waals surface area (Å²) in [6.45, 7) is 2.15. The normalized spacial score (nSPS) is 14.4. The maximum absolute atomic E-state index is 12.2. The third-order valence-electron chi connectivity index (χ3n) is 5.58. The highest BCUT2D eigenvalue weighted by atomic mass is 16.5. The fourth-order valence-electron chi connectivity index (χ4n) is 3.91. The molecule has 1 N–H and O–H groups in total. The maximum Gasteiger partial charge on any atom is 0.251 e. The maximum atomic E-state index is 12.2. The van der Waals surface area contributed by atoms with Crippen LogP contribution in [-0.4, -0.2) is 31.0 Å². The predicted molar refractivity (Wildman–Crippen MR) is 111 cm³/mol. The van der Waals surface area contributed by atoms with Gasteiger partial charge in [-0.2, -0.15) is 4.98 Å². The minimum Gasteiger partial charge on any atom is -0.343 e. The largest absolute Gasteiger partial charge is 0.343 e. The van der Waals surface area contributed by atoms with E-state index in [1.807, 2.05) is 41.9 Å². The molecule has 0 unspecified atom stereocenters. The highest BCUT2D eigenvalue weighted by Gasteiger charge is 2.20. The number of aromatic nitrogens is 5. The summed E-state index contributed by atoms with van der Waals surface area (Å²) >= 11 is 0. The van der Waals surface area contributed by atoms with E-state index in [1.165, 1.54) is 12.8 Å². The van der Waals surface area contributed by atoms with Crippen molar-refractivity contribution in [3.05, 3.63) is 59.5 Å². The summed E-state index contributed by atoms with van der Waals surface area (Å²) in [6.07, 6.45) is 4.80. The van der Waals surface area contributed by atoms with E-state index in [1.54, 1.807) is 12.1 Å². The van der Waals surface area contributed by atoms with Gasteiger partial charge in [0.25, 0.3) is 5.91 Å². The van der Waals surface area contributed by atoms with Gasteiger partial charge in [0.1, 0.15) is 5.52 Å². The summed E-state index contributed by atoms with van der Waals surface area (Å²) < 4.78 is 7.34. The van der Waals surface area contributed by atoms with E-state index < -0.39 is 0 Å². The van der Waals surface area contributed by atoms with Crippen molar-refractivity contribution < 1.29 is 9.32 Å².